The predicted molar refractivity (Wildman–Crippen MR) is 142 cm³/mol. The predicted octanol–water partition coefficient (Wildman–Crippen LogP) is 5.81. The van der Waals surface area contributed by atoms with Crippen molar-refractivity contribution in [3.63, 3.8) is 0 Å². The number of para-hydroxylation sites is 3. The van der Waals surface area contributed by atoms with Gasteiger partial charge in [-0.05, 0) is 23.8 Å². The van der Waals surface area contributed by atoms with Crippen molar-refractivity contribution in [1.82, 2.24) is 5.32 Å². The maximum atomic E-state index is 5.12. The van der Waals surface area contributed by atoms with Gasteiger partial charge in [-0.25, -0.2) is 15.0 Å². The van der Waals surface area contributed by atoms with Crippen LogP contribution in [0.5, 0.6) is 0 Å². The standard InChI is InChI=1S/C29H22N6/c1-3-11-19(12-4-1)25-32-26(20-13-5-2-6-14-20)34-27(33-25)29-30-22-16-8-7-15-21(22)28-31-23-17-9-10-18-24(23)35(28)29/h1-18,25,28,31H,(H,32,33,34). The summed E-state index contributed by atoms with van der Waals surface area (Å²) in [6.07, 6.45) is -0.429. The number of amidine groups is 3. The number of aliphatic imine (C=N–C) groups is 3. The first kappa shape index (κ1) is 19.7. The molecule has 0 fully saturated rings. The van der Waals surface area contributed by atoms with Gasteiger partial charge in [0.2, 0.25) is 0 Å². The van der Waals surface area contributed by atoms with Gasteiger partial charge in [-0.3, -0.25) is 4.90 Å². The van der Waals surface area contributed by atoms with Gasteiger partial charge >= 0.3 is 0 Å². The van der Waals surface area contributed by atoms with E-state index in [1.54, 1.807) is 0 Å². The van der Waals surface area contributed by atoms with E-state index in [0.717, 1.165) is 45.4 Å². The molecule has 0 bridgehead atoms. The van der Waals surface area contributed by atoms with Crippen LogP contribution in [0.4, 0.5) is 17.1 Å². The highest BCUT2D eigenvalue weighted by Gasteiger charge is 2.40. The Morgan fingerprint density at radius 3 is 2.20 bits per heavy atom. The molecule has 3 aliphatic rings. The van der Waals surface area contributed by atoms with Crippen LogP contribution in [0, 0.1) is 0 Å². The lowest BCUT2D eigenvalue weighted by Crippen LogP contribution is -2.49. The molecule has 2 unspecified atom stereocenters. The van der Waals surface area contributed by atoms with Crippen LogP contribution in [-0.2, 0) is 0 Å². The number of nitrogens with zero attached hydrogens (tertiary/aromatic N) is 4. The molecule has 3 aliphatic heterocycles. The zero-order valence-electron chi connectivity index (χ0n) is 18.8. The fourth-order valence-corrected chi connectivity index (χ4v) is 4.85. The summed E-state index contributed by atoms with van der Waals surface area (Å²) >= 11 is 0. The Labute approximate surface area is 203 Å². The Balaban J connectivity index is 1.40. The summed E-state index contributed by atoms with van der Waals surface area (Å²) in [6.45, 7) is 0. The quantitative estimate of drug-likeness (QED) is 0.411. The molecule has 6 heteroatoms. The fourth-order valence-electron chi connectivity index (χ4n) is 4.85. The minimum absolute atomic E-state index is 0.0604. The zero-order valence-corrected chi connectivity index (χ0v) is 18.8. The molecule has 7 rings (SSSR count). The van der Waals surface area contributed by atoms with E-state index in [4.69, 9.17) is 15.0 Å². The topological polar surface area (TPSA) is 64.4 Å². The van der Waals surface area contributed by atoms with Crippen molar-refractivity contribution in [2.45, 2.75) is 12.3 Å². The molecular formula is C29H22N6. The van der Waals surface area contributed by atoms with Gasteiger partial charge < -0.3 is 10.6 Å². The normalized spacial score (nSPS) is 19.8. The third-order valence-electron chi connectivity index (χ3n) is 6.50. The minimum Gasteiger partial charge on any atom is -0.359 e. The molecule has 0 amide bonds. The number of benzene rings is 4. The van der Waals surface area contributed by atoms with E-state index in [0.29, 0.717) is 5.84 Å². The second-order valence-corrected chi connectivity index (χ2v) is 8.66. The summed E-state index contributed by atoms with van der Waals surface area (Å²) in [6, 6.07) is 37.0. The van der Waals surface area contributed by atoms with Gasteiger partial charge in [0, 0.05) is 11.1 Å². The first-order valence-corrected chi connectivity index (χ1v) is 11.7. The molecule has 0 spiro atoms. The molecule has 6 nitrogen and oxygen atoms in total. The SMILES string of the molecule is c1ccc(C2=NC(c3ccccc3)N=C(C3=Nc4ccccc4C4Nc5ccccc5N34)N2)cc1. The van der Waals surface area contributed by atoms with Crippen LogP contribution in [0.2, 0.25) is 0 Å². The third kappa shape index (κ3) is 3.30. The van der Waals surface area contributed by atoms with Crippen molar-refractivity contribution in [1.29, 1.82) is 0 Å². The van der Waals surface area contributed by atoms with Crippen LogP contribution in [0.1, 0.15) is 29.0 Å². The van der Waals surface area contributed by atoms with E-state index in [1.807, 2.05) is 42.5 Å². The molecule has 168 valence electrons. The molecule has 3 heterocycles. The van der Waals surface area contributed by atoms with Crippen molar-refractivity contribution in [2.24, 2.45) is 15.0 Å². The van der Waals surface area contributed by atoms with Crippen molar-refractivity contribution in [2.75, 3.05) is 10.2 Å². The molecule has 0 radical (unpaired) electrons. The van der Waals surface area contributed by atoms with Gasteiger partial charge in [0.1, 0.15) is 12.0 Å². The molecule has 2 atom stereocenters. The number of fused-ring (bicyclic) bond motifs is 5. The van der Waals surface area contributed by atoms with E-state index in [2.05, 4.69) is 82.3 Å². The maximum Gasteiger partial charge on any atom is 0.179 e. The molecule has 0 saturated heterocycles. The van der Waals surface area contributed by atoms with Gasteiger partial charge in [0.25, 0.3) is 0 Å². The van der Waals surface area contributed by atoms with Crippen molar-refractivity contribution >= 4 is 34.6 Å². The lowest BCUT2D eigenvalue weighted by molar-refractivity contribution is 0.755. The Bertz CT molecular complexity index is 1510. The summed E-state index contributed by atoms with van der Waals surface area (Å²) in [5.41, 5.74) is 6.28. The number of rotatable bonds is 3. The summed E-state index contributed by atoms with van der Waals surface area (Å²) < 4.78 is 0. The van der Waals surface area contributed by atoms with E-state index < -0.39 is 0 Å². The zero-order chi connectivity index (χ0) is 23.2. The van der Waals surface area contributed by atoms with Gasteiger partial charge in [0.15, 0.2) is 17.8 Å². The third-order valence-corrected chi connectivity index (χ3v) is 6.50. The van der Waals surface area contributed by atoms with Gasteiger partial charge in [-0.15, -0.1) is 0 Å². The maximum absolute atomic E-state index is 5.12. The summed E-state index contributed by atoms with van der Waals surface area (Å²) in [5, 5.41) is 7.19. The Kier molecular flexibility index (Phi) is 4.48. The van der Waals surface area contributed by atoms with Crippen molar-refractivity contribution in [3.8, 4) is 0 Å². The van der Waals surface area contributed by atoms with E-state index in [1.165, 1.54) is 0 Å². The number of hydrogen-bond donors (Lipinski definition) is 2. The second-order valence-electron chi connectivity index (χ2n) is 8.66. The summed E-state index contributed by atoms with van der Waals surface area (Å²) in [5.74, 6) is 2.25. The fraction of sp³-hybridized carbons (Fsp3) is 0.0690. The molecule has 4 aromatic rings. The Morgan fingerprint density at radius 2 is 1.34 bits per heavy atom. The van der Waals surface area contributed by atoms with Gasteiger partial charge in [-0.1, -0.05) is 91.0 Å². The Hall–Kier alpha value is -4.71. The largest absolute Gasteiger partial charge is 0.359 e. The second kappa shape index (κ2) is 7.95. The van der Waals surface area contributed by atoms with Crippen LogP contribution in [0.25, 0.3) is 0 Å². The van der Waals surface area contributed by atoms with E-state index in [9.17, 15) is 0 Å². The van der Waals surface area contributed by atoms with Crippen molar-refractivity contribution in [3.05, 3.63) is 126 Å². The summed E-state index contributed by atoms with van der Waals surface area (Å²) in [4.78, 5) is 17.4. The molecule has 2 N–H and O–H groups in total. The summed E-state index contributed by atoms with van der Waals surface area (Å²) in [7, 11) is 0. The molecule has 4 aromatic carbocycles. The highest BCUT2D eigenvalue weighted by atomic mass is 15.4. The average Bonchev–Trinajstić information content (AvgIpc) is 3.33. The molecule has 0 aliphatic carbocycles. The molecule has 0 saturated carbocycles. The van der Waals surface area contributed by atoms with E-state index >= 15 is 0 Å². The van der Waals surface area contributed by atoms with Crippen LogP contribution < -0.4 is 15.5 Å². The molecule has 0 aromatic heterocycles. The first-order valence-electron chi connectivity index (χ1n) is 11.7. The van der Waals surface area contributed by atoms with E-state index in [-0.39, 0.29) is 12.3 Å². The Morgan fingerprint density at radius 1 is 0.657 bits per heavy atom. The van der Waals surface area contributed by atoms with Gasteiger partial charge in [0.05, 0.1) is 17.1 Å². The van der Waals surface area contributed by atoms with Crippen LogP contribution in [0.3, 0.4) is 0 Å². The first-order chi connectivity index (χ1) is 17.3. The van der Waals surface area contributed by atoms with Crippen LogP contribution in [-0.4, -0.2) is 17.5 Å². The van der Waals surface area contributed by atoms with Gasteiger partial charge in [-0.2, -0.15) is 0 Å². The highest BCUT2D eigenvalue weighted by Crippen LogP contribution is 2.46. The lowest BCUT2D eigenvalue weighted by Gasteiger charge is -2.34. The smallest absolute Gasteiger partial charge is 0.179 e. The number of anilines is 2. The lowest BCUT2D eigenvalue weighted by atomic mass is 10.1. The highest BCUT2D eigenvalue weighted by molar-refractivity contribution is 6.49. The van der Waals surface area contributed by atoms with Crippen LogP contribution in [0.15, 0.2) is 124 Å². The van der Waals surface area contributed by atoms with Crippen molar-refractivity contribution < 1.29 is 0 Å². The number of hydrogen-bond acceptors (Lipinski definition) is 6. The van der Waals surface area contributed by atoms with Crippen LogP contribution >= 0.6 is 0 Å². The molecule has 35 heavy (non-hydrogen) atoms. The molecular weight excluding hydrogens is 432 g/mol. The average molecular weight is 455 g/mol. The minimum atomic E-state index is -0.369. The monoisotopic (exact) mass is 454 g/mol. The number of nitrogens with one attached hydrogen (secondary N) is 2.